The molecular formula is C48H33NO. The lowest BCUT2D eigenvalue weighted by atomic mass is 9.93. The van der Waals surface area contributed by atoms with Crippen LogP contribution in [-0.4, -0.2) is 0 Å². The van der Waals surface area contributed by atoms with Gasteiger partial charge in [0.05, 0.1) is 5.69 Å². The lowest BCUT2D eigenvalue weighted by Crippen LogP contribution is -2.10. The molecule has 0 bridgehead atoms. The van der Waals surface area contributed by atoms with Crippen LogP contribution in [0.5, 0.6) is 0 Å². The van der Waals surface area contributed by atoms with Crippen molar-refractivity contribution in [3.05, 3.63) is 200 Å². The van der Waals surface area contributed by atoms with Crippen LogP contribution in [0.3, 0.4) is 0 Å². The molecule has 0 radical (unpaired) electrons. The minimum Gasteiger partial charge on any atom is -0.456 e. The molecule has 0 unspecified atom stereocenters. The molecule has 0 fully saturated rings. The molecule has 0 saturated carbocycles. The van der Waals surface area contributed by atoms with Crippen LogP contribution in [0.4, 0.5) is 17.1 Å². The molecule has 2 heteroatoms. The van der Waals surface area contributed by atoms with Crippen molar-refractivity contribution in [2.24, 2.45) is 0 Å². The summed E-state index contributed by atoms with van der Waals surface area (Å²) in [5.41, 5.74) is 12.3. The lowest BCUT2D eigenvalue weighted by Gasteiger charge is -2.27. The number of rotatable bonds is 7. The third-order valence-electron chi connectivity index (χ3n) is 9.49. The Labute approximate surface area is 292 Å². The van der Waals surface area contributed by atoms with E-state index in [0.29, 0.717) is 0 Å². The van der Waals surface area contributed by atoms with Crippen LogP contribution in [0.25, 0.3) is 66.4 Å². The molecule has 0 amide bonds. The molecule has 0 spiro atoms. The number of benzene rings is 8. The predicted molar refractivity (Wildman–Crippen MR) is 210 cm³/mol. The highest BCUT2D eigenvalue weighted by Crippen LogP contribution is 2.42. The molecule has 2 nitrogen and oxygen atoms in total. The van der Waals surface area contributed by atoms with Gasteiger partial charge in [-0.2, -0.15) is 0 Å². The number of para-hydroxylation sites is 1. The number of nitrogens with zero attached hydrogens (tertiary/aromatic N) is 1. The van der Waals surface area contributed by atoms with Crippen molar-refractivity contribution in [2.75, 3.05) is 4.90 Å². The van der Waals surface area contributed by atoms with Gasteiger partial charge in [-0.05, 0) is 87.3 Å². The average Bonchev–Trinajstić information content (AvgIpc) is 3.64. The smallest absolute Gasteiger partial charge is 0.136 e. The summed E-state index contributed by atoms with van der Waals surface area (Å²) in [6, 6.07) is 71.0. The summed E-state index contributed by atoms with van der Waals surface area (Å²) in [7, 11) is 0. The van der Waals surface area contributed by atoms with Gasteiger partial charge < -0.3 is 9.32 Å². The molecule has 0 saturated heterocycles. The Morgan fingerprint density at radius 2 is 0.880 bits per heavy atom. The van der Waals surface area contributed by atoms with Crippen LogP contribution in [0, 0.1) is 0 Å². The molecule has 8 aromatic carbocycles. The Morgan fingerprint density at radius 1 is 0.340 bits per heavy atom. The number of anilines is 3. The van der Waals surface area contributed by atoms with E-state index in [-0.39, 0.29) is 0 Å². The van der Waals surface area contributed by atoms with E-state index < -0.39 is 0 Å². The highest BCUT2D eigenvalue weighted by Gasteiger charge is 2.17. The Balaban J connectivity index is 1.14. The Kier molecular flexibility index (Phi) is 7.53. The van der Waals surface area contributed by atoms with Gasteiger partial charge in [0, 0.05) is 27.7 Å². The predicted octanol–water partition coefficient (Wildman–Crippen LogP) is 13.7. The molecule has 0 aliphatic heterocycles. The van der Waals surface area contributed by atoms with E-state index in [0.717, 1.165) is 61.6 Å². The molecule has 9 aromatic rings. The first kappa shape index (κ1) is 29.5. The third kappa shape index (κ3) is 5.53. The fourth-order valence-corrected chi connectivity index (χ4v) is 6.98. The molecule has 236 valence electrons. The molecule has 1 heterocycles. The van der Waals surface area contributed by atoms with Crippen LogP contribution < -0.4 is 4.90 Å². The zero-order valence-electron chi connectivity index (χ0n) is 27.4. The van der Waals surface area contributed by atoms with E-state index in [1.807, 2.05) is 12.1 Å². The second-order valence-electron chi connectivity index (χ2n) is 12.6. The van der Waals surface area contributed by atoms with E-state index in [4.69, 9.17) is 4.42 Å². The fraction of sp³-hybridized carbons (Fsp3) is 0. The SMILES string of the molecule is c1ccc(-c2ccc(N(c3ccc(-c4ccc(-c5ccccc5)c(-c5cc6ccccc6o5)c4)cc3)c3cccc4ccccc34)cc2)cc1. The van der Waals surface area contributed by atoms with Gasteiger partial charge in [-0.1, -0.05) is 152 Å². The molecule has 50 heavy (non-hydrogen) atoms. The number of fused-ring (bicyclic) bond motifs is 2. The summed E-state index contributed by atoms with van der Waals surface area (Å²) in [4.78, 5) is 2.36. The quantitative estimate of drug-likeness (QED) is 0.173. The molecule has 9 rings (SSSR count). The second-order valence-corrected chi connectivity index (χ2v) is 12.6. The summed E-state index contributed by atoms with van der Waals surface area (Å²) < 4.78 is 6.42. The summed E-state index contributed by atoms with van der Waals surface area (Å²) in [6.45, 7) is 0. The highest BCUT2D eigenvalue weighted by molar-refractivity contribution is 5.99. The molecule has 0 atom stereocenters. The maximum atomic E-state index is 6.42. The van der Waals surface area contributed by atoms with E-state index >= 15 is 0 Å². The number of furan rings is 1. The van der Waals surface area contributed by atoms with Crippen molar-refractivity contribution in [3.63, 3.8) is 0 Å². The Bertz CT molecular complexity index is 2530. The van der Waals surface area contributed by atoms with Gasteiger partial charge in [-0.25, -0.2) is 0 Å². The van der Waals surface area contributed by atoms with Gasteiger partial charge in [0.15, 0.2) is 0 Å². The third-order valence-corrected chi connectivity index (χ3v) is 9.49. The van der Waals surface area contributed by atoms with Crippen molar-refractivity contribution in [2.45, 2.75) is 0 Å². The first-order chi connectivity index (χ1) is 24.8. The van der Waals surface area contributed by atoms with E-state index in [1.54, 1.807) is 0 Å². The number of hydrogen-bond donors (Lipinski definition) is 0. The minimum atomic E-state index is 0.865. The highest BCUT2D eigenvalue weighted by atomic mass is 16.3. The van der Waals surface area contributed by atoms with Gasteiger partial charge in [-0.15, -0.1) is 0 Å². The van der Waals surface area contributed by atoms with Gasteiger partial charge >= 0.3 is 0 Å². The monoisotopic (exact) mass is 639 g/mol. The normalized spacial score (nSPS) is 11.2. The first-order valence-electron chi connectivity index (χ1n) is 17.0. The van der Waals surface area contributed by atoms with Gasteiger partial charge in [-0.3, -0.25) is 0 Å². The van der Waals surface area contributed by atoms with Crippen LogP contribution in [-0.2, 0) is 0 Å². The van der Waals surface area contributed by atoms with Crippen molar-refractivity contribution in [3.8, 4) is 44.7 Å². The maximum Gasteiger partial charge on any atom is 0.136 e. The summed E-state index contributed by atoms with van der Waals surface area (Å²) >= 11 is 0. The van der Waals surface area contributed by atoms with Crippen molar-refractivity contribution >= 4 is 38.8 Å². The summed E-state index contributed by atoms with van der Waals surface area (Å²) in [5.74, 6) is 0.865. The minimum absolute atomic E-state index is 0.865. The molecule has 0 N–H and O–H groups in total. The summed E-state index contributed by atoms with van der Waals surface area (Å²) in [5, 5.41) is 3.52. The Morgan fingerprint density at radius 3 is 1.58 bits per heavy atom. The molecule has 0 aliphatic rings. The largest absolute Gasteiger partial charge is 0.456 e. The standard InChI is InChI=1S/C48H33NO/c1-3-12-34(13-4-1)35-22-27-41(28-23-35)49(46-20-11-18-38-16-7-9-19-44(38)46)42-29-24-36(25-30-42)39-26-31-43(37-14-5-2-6-15-37)45(32-39)48-33-40-17-8-10-21-47(40)50-48/h1-33H. The summed E-state index contributed by atoms with van der Waals surface area (Å²) in [6.07, 6.45) is 0. The van der Waals surface area contributed by atoms with Crippen molar-refractivity contribution in [1.82, 2.24) is 0 Å². The van der Waals surface area contributed by atoms with Gasteiger partial charge in [0.1, 0.15) is 11.3 Å². The molecule has 1 aromatic heterocycles. The molecule has 0 aliphatic carbocycles. The van der Waals surface area contributed by atoms with Gasteiger partial charge in [0.2, 0.25) is 0 Å². The zero-order valence-corrected chi connectivity index (χ0v) is 27.4. The average molecular weight is 640 g/mol. The molecular weight excluding hydrogens is 607 g/mol. The van der Waals surface area contributed by atoms with E-state index in [2.05, 4.69) is 193 Å². The lowest BCUT2D eigenvalue weighted by molar-refractivity contribution is 0.632. The van der Waals surface area contributed by atoms with Crippen LogP contribution in [0.1, 0.15) is 0 Å². The topological polar surface area (TPSA) is 16.4 Å². The van der Waals surface area contributed by atoms with Crippen LogP contribution >= 0.6 is 0 Å². The van der Waals surface area contributed by atoms with E-state index in [1.165, 1.54) is 21.9 Å². The zero-order chi connectivity index (χ0) is 33.3. The first-order valence-corrected chi connectivity index (χ1v) is 17.0. The van der Waals surface area contributed by atoms with Gasteiger partial charge in [0.25, 0.3) is 0 Å². The van der Waals surface area contributed by atoms with Crippen LogP contribution in [0.2, 0.25) is 0 Å². The maximum absolute atomic E-state index is 6.42. The Hall–Kier alpha value is -6.64. The second kappa shape index (κ2) is 12.8. The van der Waals surface area contributed by atoms with Crippen molar-refractivity contribution < 1.29 is 4.42 Å². The van der Waals surface area contributed by atoms with Crippen LogP contribution in [0.15, 0.2) is 205 Å². The fourth-order valence-electron chi connectivity index (χ4n) is 6.98. The van der Waals surface area contributed by atoms with E-state index in [9.17, 15) is 0 Å². The van der Waals surface area contributed by atoms with Crippen molar-refractivity contribution in [1.29, 1.82) is 0 Å². The number of hydrogen-bond acceptors (Lipinski definition) is 2.